The molecule has 12 heavy (non-hydrogen) atoms. The lowest BCUT2D eigenvalue weighted by atomic mass is 10.0. The van der Waals surface area contributed by atoms with Crippen LogP contribution in [0.2, 0.25) is 0 Å². The highest BCUT2D eigenvalue weighted by atomic mass is 16.1. The van der Waals surface area contributed by atoms with Crippen molar-refractivity contribution in [2.75, 3.05) is 6.54 Å². The standard InChI is InChI=1S/C8H15N3O/c1-5(4-9)3-7-6(2)8(12)11-10-7/h5H,3-4,9H2,1-2H3,(H2,10,11,12). The fourth-order valence-corrected chi connectivity index (χ4v) is 1.09. The molecule has 0 radical (unpaired) electrons. The van der Waals surface area contributed by atoms with Crippen LogP contribution < -0.4 is 11.3 Å². The Morgan fingerprint density at radius 2 is 2.17 bits per heavy atom. The van der Waals surface area contributed by atoms with E-state index in [0.29, 0.717) is 12.5 Å². The second-order valence-corrected chi connectivity index (χ2v) is 3.23. The second kappa shape index (κ2) is 3.58. The Balaban J connectivity index is 2.76. The van der Waals surface area contributed by atoms with Gasteiger partial charge in [-0.1, -0.05) is 6.92 Å². The molecular weight excluding hydrogens is 154 g/mol. The van der Waals surface area contributed by atoms with E-state index in [9.17, 15) is 4.79 Å². The Kier molecular flexibility index (Phi) is 2.70. The zero-order valence-corrected chi connectivity index (χ0v) is 7.48. The van der Waals surface area contributed by atoms with Gasteiger partial charge in [-0.3, -0.25) is 9.89 Å². The number of hydrogen-bond acceptors (Lipinski definition) is 2. The summed E-state index contributed by atoms with van der Waals surface area (Å²) in [5.41, 5.74) is 7.19. The molecule has 0 saturated heterocycles. The second-order valence-electron chi connectivity index (χ2n) is 3.23. The van der Waals surface area contributed by atoms with Gasteiger partial charge in [-0.05, 0) is 25.8 Å². The zero-order valence-electron chi connectivity index (χ0n) is 7.48. The van der Waals surface area contributed by atoms with Gasteiger partial charge in [0.2, 0.25) is 0 Å². The molecule has 1 atom stereocenters. The lowest BCUT2D eigenvalue weighted by Gasteiger charge is -2.05. The minimum Gasteiger partial charge on any atom is -0.330 e. The number of hydrogen-bond donors (Lipinski definition) is 3. The highest BCUT2D eigenvalue weighted by Crippen LogP contribution is 2.05. The van der Waals surface area contributed by atoms with E-state index >= 15 is 0 Å². The SMILES string of the molecule is Cc1c(CC(C)CN)[nH][nH]c1=O. The lowest BCUT2D eigenvalue weighted by Crippen LogP contribution is -2.14. The maximum Gasteiger partial charge on any atom is 0.267 e. The fourth-order valence-electron chi connectivity index (χ4n) is 1.09. The first-order chi connectivity index (χ1) is 5.65. The summed E-state index contributed by atoms with van der Waals surface area (Å²) in [5.74, 6) is 0.412. The predicted octanol–water partition coefficient (Wildman–Crippen LogP) is 0.149. The first-order valence-corrected chi connectivity index (χ1v) is 4.11. The summed E-state index contributed by atoms with van der Waals surface area (Å²) in [6.45, 7) is 4.52. The number of rotatable bonds is 3. The molecule has 1 aromatic rings. The van der Waals surface area contributed by atoms with Crippen molar-refractivity contribution >= 4 is 0 Å². The topological polar surface area (TPSA) is 74.7 Å². The summed E-state index contributed by atoms with van der Waals surface area (Å²) in [6.07, 6.45) is 0.834. The first-order valence-electron chi connectivity index (χ1n) is 4.11. The van der Waals surface area contributed by atoms with E-state index in [1.807, 2.05) is 6.92 Å². The number of aromatic nitrogens is 2. The van der Waals surface area contributed by atoms with Crippen molar-refractivity contribution in [3.63, 3.8) is 0 Å². The van der Waals surface area contributed by atoms with Crippen LogP contribution in [0, 0.1) is 12.8 Å². The van der Waals surface area contributed by atoms with Crippen molar-refractivity contribution in [2.24, 2.45) is 11.7 Å². The van der Waals surface area contributed by atoms with Gasteiger partial charge in [0.05, 0.1) is 0 Å². The smallest absolute Gasteiger partial charge is 0.267 e. The lowest BCUT2D eigenvalue weighted by molar-refractivity contribution is 0.581. The molecule has 1 rings (SSSR count). The molecular formula is C8H15N3O. The van der Waals surface area contributed by atoms with Gasteiger partial charge in [0.15, 0.2) is 0 Å². The highest BCUT2D eigenvalue weighted by molar-refractivity contribution is 5.14. The molecule has 0 aliphatic carbocycles. The minimum absolute atomic E-state index is 0.0331. The Bertz CT molecular complexity index is 299. The van der Waals surface area contributed by atoms with E-state index in [4.69, 9.17) is 5.73 Å². The highest BCUT2D eigenvalue weighted by Gasteiger charge is 2.07. The molecule has 4 nitrogen and oxygen atoms in total. The number of H-pyrrole nitrogens is 2. The molecule has 0 bridgehead atoms. The van der Waals surface area contributed by atoms with Gasteiger partial charge in [0, 0.05) is 11.3 Å². The van der Waals surface area contributed by atoms with Crippen LogP contribution in [0.4, 0.5) is 0 Å². The fraction of sp³-hybridized carbons (Fsp3) is 0.625. The van der Waals surface area contributed by atoms with Crippen LogP contribution in [0.15, 0.2) is 4.79 Å². The van der Waals surface area contributed by atoms with Gasteiger partial charge in [-0.15, -0.1) is 0 Å². The molecule has 0 amide bonds. The van der Waals surface area contributed by atoms with Gasteiger partial charge in [0.25, 0.3) is 5.56 Å². The normalized spacial score (nSPS) is 13.2. The number of aromatic amines is 2. The van der Waals surface area contributed by atoms with Crippen LogP contribution in [-0.4, -0.2) is 16.7 Å². The van der Waals surface area contributed by atoms with Crippen LogP contribution in [-0.2, 0) is 6.42 Å². The molecule has 0 aliphatic rings. The maximum absolute atomic E-state index is 11.0. The van der Waals surface area contributed by atoms with E-state index in [-0.39, 0.29) is 5.56 Å². The molecule has 0 aromatic carbocycles. The number of nitrogens with one attached hydrogen (secondary N) is 2. The van der Waals surface area contributed by atoms with Crippen LogP contribution in [0.3, 0.4) is 0 Å². The van der Waals surface area contributed by atoms with Gasteiger partial charge < -0.3 is 10.8 Å². The van der Waals surface area contributed by atoms with E-state index in [2.05, 4.69) is 17.1 Å². The van der Waals surface area contributed by atoms with E-state index in [1.54, 1.807) is 0 Å². The molecule has 0 aliphatic heterocycles. The first kappa shape index (κ1) is 9.06. The quantitative estimate of drug-likeness (QED) is 0.602. The predicted molar refractivity (Wildman–Crippen MR) is 48.1 cm³/mol. The van der Waals surface area contributed by atoms with Gasteiger partial charge >= 0.3 is 0 Å². The van der Waals surface area contributed by atoms with Gasteiger partial charge in [0.1, 0.15) is 0 Å². The van der Waals surface area contributed by atoms with Crippen LogP contribution >= 0.6 is 0 Å². The van der Waals surface area contributed by atoms with Crippen molar-refractivity contribution in [1.29, 1.82) is 0 Å². The summed E-state index contributed by atoms with van der Waals surface area (Å²) in [4.78, 5) is 11.0. The van der Waals surface area contributed by atoms with Crippen molar-refractivity contribution in [2.45, 2.75) is 20.3 Å². The van der Waals surface area contributed by atoms with Crippen molar-refractivity contribution in [1.82, 2.24) is 10.2 Å². The van der Waals surface area contributed by atoms with E-state index < -0.39 is 0 Å². The monoisotopic (exact) mass is 169 g/mol. The molecule has 68 valence electrons. The average molecular weight is 169 g/mol. The van der Waals surface area contributed by atoms with Crippen LogP contribution in [0.1, 0.15) is 18.2 Å². The molecule has 1 heterocycles. The van der Waals surface area contributed by atoms with Crippen molar-refractivity contribution < 1.29 is 0 Å². The summed E-state index contributed by atoms with van der Waals surface area (Å²) < 4.78 is 0. The molecule has 4 heteroatoms. The number of nitrogens with two attached hydrogens (primary N) is 1. The Hall–Kier alpha value is -1.03. The largest absolute Gasteiger partial charge is 0.330 e. The summed E-state index contributed by atoms with van der Waals surface area (Å²) in [6, 6.07) is 0. The third kappa shape index (κ3) is 1.76. The minimum atomic E-state index is -0.0331. The molecule has 0 saturated carbocycles. The third-order valence-corrected chi connectivity index (χ3v) is 2.08. The van der Waals surface area contributed by atoms with Crippen LogP contribution in [0.25, 0.3) is 0 Å². The Morgan fingerprint density at radius 3 is 2.58 bits per heavy atom. The Morgan fingerprint density at radius 1 is 1.50 bits per heavy atom. The molecule has 4 N–H and O–H groups in total. The van der Waals surface area contributed by atoms with Crippen LogP contribution in [0.5, 0.6) is 0 Å². The molecule has 1 aromatic heterocycles. The summed E-state index contributed by atoms with van der Waals surface area (Å²) >= 11 is 0. The maximum atomic E-state index is 11.0. The van der Waals surface area contributed by atoms with Crippen molar-refractivity contribution in [3.05, 3.63) is 21.6 Å². The zero-order chi connectivity index (χ0) is 9.14. The van der Waals surface area contributed by atoms with E-state index in [1.165, 1.54) is 0 Å². The molecule has 0 fully saturated rings. The summed E-state index contributed by atoms with van der Waals surface area (Å²) in [7, 11) is 0. The third-order valence-electron chi connectivity index (χ3n) is 2.08. The molecule has 1 unspecified atom stereocenters. The van der Waals surface area contributed by atoms with E-state index in [0.717, 1.165) is 17.7 Å². The average Bonchev–Trinajstić information content (AvgIpc) is 2.36. The van der Waals surface area contributed by atoms with Gasteiger partial charge in [-0.2, -0.15) is 0 Å². The summed E-state index contributed by atoms with van der Waals surface area (Å²) in [5, 5.41) is 5.39. The van der Waals surface area contributed by atoms with Gasteiger partial charge in [-0.25, -0.2) is 0 Å². The molecule has 0 spiro atoms. The Labute approximate surface area is 71.2 Å². The van der Waals surface area contributed by atoms with Crippen molar-refractivity contribution in [3.8, 4) is 0 Å².